The maximum atomic E-state index is 6.99. The molecule has 62 heavy (non-hydrogen) atoms. The second-order valence-electron chi connectivity index (χ2n) is 15.6. The van der Waals surface area contributed by atoms with E-state index in [2.05, 4.69) is 187 Å². The van der Waals surface area contributed by atoms with Crippen LogP contribution in [0.5, 0.6) is 0 Å². The first kappa shape index (κ1) is 35.5. The molecule has 0 N–H and O–H groups in total. The van der Waals surface area contributed by atoms with Gasteiger partial charge >= 0.3 is 0 Å². The van der Waals surface area contributed by atoms with Crippen molar-refractivity contribution in [2.24, 2.45) is 0 Å². The SMILES string of the molecule is c1ccc(-c2ccc(-c3cccc(-n4c5ccccc5c5ccc6c7ccc(-c8nc(-c9ccccc9)nc(-c9cccc(-c%10ccccc%10)c9)n8)cc7oc6c54)c3)cc2)cc1. The zero-order valence-electron chi connectivity index (χ0n) is 33.5. The Morgan fingerprint density at radius 3 is 1.48 bits per heavy atom. The highest BCUT2D eigenvalue weighted by Crippen LogP contribution is 2.42. The number of rotatable bonds is 7. The molecule has 12 aromatic rings. The average Bonchev–Trinajstić information content (AvgIpc) is 3.90. The summed E-state index contributed by atoms with van der Waals surface area (Å²) in [6.07, 6.45) is 0. The Hall–Kier alpha value is -8.41. The van der Waals surface area contributed by atoms with Crippen LogP contribution in [0, 0.1) is 0 Å². The van der Waals surface area contributed by atoms with Crippen LogP contribution in [0.4, 0.5) is 0 Å². The van der Waals surface area contributed by atoms with Crippen LogP contribution in [0.2, 0.25) is 0 Å². The van der Waals surface area contributed by atoms with Crippen molar-refractivity contribution >= 4 is 43.7 Å². The molecule has 5 heteroatoms. The summed E-state index contributed by atoms with van der Waals surface area (Å²) in [5.74, 6) is 1.80. The molecule has 0 radical (unpaired) electrons. The number of para-hydroxylation sites is 1. The molecule has 0 fully saturated rings. The van der Waals surface area contributed by atoms with Crippen LogP contribution in [0.25, 0.3) is 117 Å². The molecule has 0 unspecified atom stereocenters. The molecule has 0 saturated heterocycles. The van der Waals surface area contributed by atoms with E-state index in [0.29, 0.717) is 17.5 Å². The van der Waals surface area contributed by atoms with Crippen LogP contribution in [0.1, 0.15) is 0 Å². The minimum atomic E-state index is 0.578. The fourth-order valence-electron chi connectivity index (χ4n) is 8.82. The van der Waals surface area contributed by atoms with Crippen molar-refractivity contribution in [2.75, 3.05) is 0 Å². The number of benzene rings is 9. The molecular formula is C57H36N4O. The molecule has 0 aliphatic heterocycles. The van der Waals surface area contributed by atoms with Crippen LogP contribution in [-0.4, -0.2) is 19.5 Å². The van der Waals surface area contributed by atoms with Gasteiger partial charge in [0.05, 0.1) is 11.0 Å². The van der Waals surface area contributed by atoms with E-state index in [4.69, 9.17) is 19.4 Å². The number of nitrogens with zero attached hydrogens (tertiary/aromatic N) is 4. The Morgan fingerprint density at radius 2 is 0.774 bits per heavy atom. The third-order valence-corrected chi connectivity index (χ3v) is 11.9. The first-order valence-corrected chi connectivity index (χ1v) is 20.8. The number of furan rings is 1. The van der Waals surface area contributed by atoms with Gasteiger partial charge in [-0.15, -0.1) is 0 Å². The van der Waals surface area contributed by atoms with Gasteiger partial charge in [0.2, 0.25) is 0 Å². The van der Waals surface area contributed by atoms with E-state index in [1.807, 2.05) is 36.4 Å². The molecule has 0 aliphatic rings. The van der Waals surface area contributed by atoms with Crippen LogP contribution < -0.4 is 0 Å². The first-order valence-electron chi connectivity index (χ1n) is 20.8. The summed E-state index contributed by atoms with van der Waals surface area (Å²) in [5, 5.41) is 4.39. The van der Waals surface area contributed by atoms with Crippen LogP contribution in [0.15, 0.2) is 223 Å². The Bertz CT molecular complexity index is 3610. The second kappa shape index (κ2) is 14.7. The highest BCUT2D eigenvalue weighted by atomic mass is 16.3. The molecule has 290 valence electrons. The zero-order valence-corrected chi connectivity index (χ0v) is 33.5. The first-order chi connectivity index (χ1) is 30.7. The Balaban J connectivity index is 0.997. The monoisotopic (exact) mass is 792 g/mol. The largest absolute Gasteiger partial charge is 0.454 e. The average molecular weight is 793 g/mol. The van der Waals surface area contributed by atoms with E-state index in [-0.39, 0.29) is 0 Å². The molecule has 0 bridgehead atoms. The fraction of sp³-hybridized carbons (Fsp3) is 0. The lowest BCUT2D eigenvalue weighted by molar-refractivity contribution is 0.671. The van der Waals surface area contributed by atoms with E-state index in [9.17, 15) is 0 Å². The van der Waals surface area contributed by atoms with Crippen molar-refractivity contribution < 1.29 is 4.42 Å². The number of fused-ring (bicyclic) bond motifs is 7. The lowest BCUT2D eigenvalue weighted by atomic mass is 10.00. The molecule has 0 aliphatic carbocycles. The summed E-state index contributed by atoms with van der Waals surface area (Å²) in [6.45, 7) is 0. The summed E-state index contributed by atoms with van der Waals surface area (Å²) in [4.78, 5) is 15.2. The Labute approximate surface area is 357 Å². The van der Waals surface area contributed by atoms with Crippen molar-refractivity contribution in [3.63, 3.8) is 0 Å². The van der Waals surface area contributed by atoms with E-state index in [1.165, 1.54) is 16.5 Å². The summed E-state index contributed by atoms with van der Waals surface area (Å²) in [5.41, 5.74) is 14.5. The zero-order chi connectivity index (χ0) is 41.0. The Morgan fingerprint density at radius 1 is 0.306 bits per heavy atom. The van der Waals surface area contributed by atoms with Gasteiger partial charge in [-0.3, -0.25) is 0 Å². The van der Waals surface area contributed by atoms with Crippen molar-refractivity contribution in [1.82, 2.24) is 19.5 Å². The summed E-state index contributed by atoms with van der Waals surface area (Å²) < 4.78 is 9.35. The van der Waals surface area contributed by atoms with Gasteiger partial charge in [0.25, 0.3) is 0 Å². The Kier molecular flexibility index (Phi) is 8.42. The highest BCUT2D eigenvalue weighted by Gasteiger charge is 2.21. The molecule has 0 amide bonds. The fourth-order valence-corrected chi connectivity index (χ4v) is 8.82. The second-order valence-corrected chi connectivity index (χ2v) is 15.6. The summed E-state index contributed by atoms with van der Waals surface area (Å²) >= 11 is 0. The number of hydrogen-bond acceptors (Lipinski definition) is 4. The smallest absolute Gasteiger partial charge is 0.164 e. The van der Waals surface area contributed by atoms with Crippen LogP contribution >= 0.6 is 0 Å². The predicted octanol–water partition coefficient (Wildman–Crippen LogP) is 14.9. The molecule has 5 nitrogen and oxygen atoms in total. The standard InChI is InChI=1S/C57H36N4O/c1-4-14-37(15-5-1)39-26-28-40(29-27-39)43-21-13-23-46(35-43)61-51-25-11-10-24-47(51)49-32-33-50-48-31-30-45(36-52(48)62-54(50)53(49)61)57-59-55(41-18-8-3-9-19-41)58-56(60-57)44-22-12-20-42(34-44)38-16-6-2-7-17-38/h1-36H. The van der Waals surface area contributed by atoms with Gasteiger partial charge in [0, 0.05) is 43.9 Å². The van der Waals surface area contributed by atoms with Gasteiger partial charge in [-0.1, -0.05) is 176 Å². The van der Waals surface area contributed by atoms with Gasteiger partial charge in [-0.25, -0.2) is 15.0 Å². The molecular weight excluding hydrogens is 757 g/mol. The van der Waals surface area contributed by atoms with Gasteiger partial charge in [0.15, 0.2) is 23.1 Å². The van der Waals surface area contributed by atoms with Gasteiger partial charge < -0.3 is 8.98 Å². The third-order valence-electron chi connectivity index (χ3n) is 11.9. The number of aromatic nitrogens is 4. The maximum absolute atomic E-state index is 6.99. The van der Waals surface area contributed by atoms with Gasteiger partial charge in [-0.2, -0.15) is 0 Å². The van der Waals surface area contributed by atoms with Gasteiger partial charge in [-0.05, 0) is 75.8 Å². The van der Waals surface area contributed by atoms with E-state index in [0.717, 1.165) is 83.0 Å². The number of hydrogen-bond donors (Lipinski definition) is 0. The maximum Gasteiger partial charge on any atom is 0.164 e. The van der Waals surface area contributed by atoms with Crippen molar-refractivity contribution in [2.45, 2.75) is 0 Å². The van der Waals surface area contributed by atoms with Gasteiger partial charge in [0.1, 0.15) is 5.58 Å². The molecule has 0 saturated carbocycles. The van der Waals surface area contributed by atoms with Crippen LogP contribution in [0.3, 0.4) is 0 Å². The molecule has 0 spiro atoms. The quantitative estimate of drug-likeness (QED) is 0.161. The van der Waals surface area contributed by atoms with Crippen molar-refractivity contribution in [3.05, 3.63) is 218 Å². The van der Waals surface area contributed by atoms with E-state index < -0.39 is 0 Å². The minimum Gasteiger partial charge on any atom is -0.454 e. The summed E-state index contributed by atoms with van der Waals surface area (Å²) in [7, 11) is 0. The van der Waals surface area contributed by atoms with Crippen molar-refractivity contribution in [1.29, 1.82) is 0 Å². The molecule has 3 aromatic heterocycles. The summed E-state index contributed by atoms with van der Waals surface area (Å²) in [6, 6.07) is 76.3. The minimum absolute atomic E-state index is 0.578. The predicted molar refractivity (Wildman–Crippen MR) is 254 cm³/mol. The lowest BCUT2D eigenvalue weighted by Gasteiger charge is -2.11. The van der Waals surface area contributed by atoms with E-state index in [1.54, 1.807) is 0 Å². The third kappa shape index (κ3) is 6.14. The molecule has 9 aromatic carbocycles. The molecule has 0 atom stereocenters. The molecule has 12 rings (SSSR count). The van der Waals surface area contributed by atoms with Crippen molar-refractivity contribution in [3.8, 4) is 73.2 Å². The van der Waals surface area contributed by atoms with Crippen LogP contribution in [-0.2, 0) is 0 Å². The normalized spacial score (nSPS) is 11.5. The molecule has 3 heterocycles. The lowest BCUT2D eigenvalue weighted by Crippen LogP contribution is -2.00. The highest BCUT2D eigenvalue weighted by molar-refractivity contribution is 6.21. The topological polar surface area (TPSA) is 56.7 Å². The van der Waals surface area contributed by atoms with E-state index >= 15 is 0 Å².